The SMILES string of the molecule is C=C(OC)c1ccc(CC2CCc3cc(C)ccc3C2=O)cc1. The van der Waals surface area contributed by atoms with E-state index in [1.54, 1.807) is 7.11 Å². The second-order valence-corrected chi connectivity index (χ2v) is 6.29. The van der Waals surface area contributed by atoms with Crippen LogP contribution in [0.3, 0.4) is 0 Å². The number of carbonyl (C=O) groups is 1. The fraction of sp³-hybridized carbons (Fsp3) is 0.286. The number of carbonyl (C=O) groups excluding carboxylic acids is 1. The lowest BCUT2D eigenvalue weighted by Crippen LogP contribution is -2.24. The maximum absolute atomic E-state index is 12.7. The number of benzene rings is 2. The molecule has 0 bridgehead atoms. The first-order valence-corrected chi connectivity index (χ1v) is 8.04. The van der Waals surface area contributed by atoms with E-state index in [2.05, 4.69) is 31.7 Å². The summed E-state index contributed by atoms with van der Waals surface area (Å²) in [6, 6.07) is 14.3. The number of hydrogen-bond acceptors (Lipinski definition) is 2. The zero-order chi connectivity index (χ0) is 16.4. The van der Waals surface area contributed by atoms with E-state index >= 15 is 0 Å². The van der Waals surface area contributed by atoms with Gasteiger partial charge in [0.25, 0.3) is 0 Å². The van der Waals surface area contributed by atoms with Crippen LogP contribution >= 0.6 is 0 Å². The third-order valence-corrected chi connectivity index (χ3v) is 4.66. The normalized spacial score (nSPS) is 16.8. The van der Waals surface area contributed by atoms with Gasteiger partial charge >= 0.3 is 0 Å². The molecule has 1 aliphatic carbocycles. The number of fused-ring (bicyclic) bond motifs is 1. The standard InChI is InChI=1S/C21H22O2/c1-14-4-11-20-18(12-14)9-10-19(21(20)22)13-16-5-7-17(8-6-16)15(2)23-3/h4-8,11-12,19H,2,9-10,13H2,1,3H3. The number of aryl methyl sites for hydroxylation is 2. The van der Waals surface area contributed by atoms with Gasteiger partial charge in [-0.2, -0.15) is 0 Å². The molecule has 0 saturated carbocycles. The van der Waals surface area contributed by atoms with Crippen LogP contribution in [0.2, 0.25) is 0 Å². The van der Waals surface area contributed by atoms with Crippen LogP contribution in [0.5, 0.6) is 0 Å². The minimum atomic E-state index is 0.0849. The van der Waals surface area contributed by atoms with Gasteiger partial charge in [-0.3, -0.25) is 4.79 Å². The lowest BCUT2D eigenvalue weighted by atomic mass is 9.79. The van der Waals surface area contributed by atoms with Crippen molar-refractivity contribution in [1.29, 1.82) is 0 Å². The summed E-state index contributed by atoms with van der Waals surface area (Å²) in [6.45, 7) is 5.93. The van der Waals surface area contributed by atoms with E-state index < -0.39 is 0 Å². The van der Waals surface area contributed by atoms with Crippen LogP contribution in [0, 0.1) is 12.8 Å². The topological polar surface area (TPSA) is 26.3 Å². The van der Waals surface area contributed by atoms with E-state index in [9.17, 15) is 4.79 Å². The van der Waals surface area contributed by atoms with E-state index in [-0.39, 0.29) is 11.7 Å². The quantitative estimate of drug-likeness (QED) is 0.772. The molecule has 118 valence electrons. The van der Waals surface area contributed by atoms with Crippen molar-refractivity contribution in [3.05, 3.63) is 76.9 Å². The largest absolute Gasteiger partial charge is 0.497 e. The monoisotopic (exact) mass is 306 g/mol. The highest BCUT2D eigenvalue weighted by molar-refractivity contribution is 6.00. The van der Waals surface area contributed by atoms with Gasteiger partial charge in [0, 0.05) is 17.0 Å². The van der Waals surface area contributed by atoms with Gasteiger partial charge in [-0.05, 0) is 37.3 Å². The zero-order valence-electron chi connectivity index (χ0n) is 13.8. The van der Waals surface area contributed by atoms with Crippen molar-refractivity contribution >= 4 is 11.5 Å². The molecular weight excluding hydrogens is 284 g/mol. The Kier molecular flexibility index (Phi) is 4.33. The first-order chi connectivity index (χ1) is 11.1. The molecule has 2 aromatic carbocycles. The second-order valence-electron chi connectivity index (χ2n) is 6.29. The van der Waals surface area contributed by atoms with Crippen molar-refractivity contribution in [1.82, 2.24) is 0 Å². The molecule has 1 atom stereocenters. The Morgan fingerprint density at radius 3 is 2.65 bits per heavy atom. The fourth-order valence-electron chi connectivity index (χ4n) is 3.27. The predicted molar refractivity (Wildman–Crippen MR) is 93.5 cm³/mol. The summed E-state index contributed by atoms with van der Waals surface area (Å²) in [5.74, 6) is 1.04. The first kappa shape index (κ1) is 15.5. The van der Waals surface area contributed by atoms with Crippen LogP contribution in [0.1, 0.15) is 39.0 Å². The zero-order valence-corrected chi connectivity index (χ0v) is 13.8. The average Bonchev–Trinajstić information content (AvgIpc) is 2.57. The molecule has 0 spiro atoms. The third-order valence-electron chi connectivity index (χ3n) is 4.66. The highest BCUT2D eigenvalue weighted by Gasteiger charge is 2.27. The number of ether oxygens (including phenoxy) is 1. The Bertz CT molecular complexity index is 741. The van der Waals surface area contributed by atoms with Crippen molar-refractivity contribution in [3.63, 3.8) is 0 Å². The molecule has 3 rings (SSSR count). The molecule has 0 aromatic heterocycles. The lowest BCUT2D eigenvalue weighted by Gasteiger charge is -2.23. The van der Waals surface area contributed by atoms with Crippen LogP contribution in [-0.4, -0.2) is 12.9 Å². The van der Waals surface area contributed by atoms with Gasteiger partial charge in [-0.25, -0.2) is 0 Å². The molecule has 1 aliphatic rings. The highest BCUT2D eigenvalue weighted by atomic mass is 16.5. The molecule has 0 radical (unpaired) electrons. The van der Waals surface area contributed by atoms with Crippen LogP contribution in [-0.2, 0) is 17.6 Å². The van der Waals surface area contributed by atoms with E-state index in [4.69, 9.17) is 4.74 Å². The van der Waals surface area contributed by atoms with Crippen molar-refractivity contribution < 1.29 is 9.53 Å². The molecule has 23 heavy (non-hydrogen) atoms. The molecule has 2 nitrogen and oxygen atoms in total. The Balaban J connectivity index is 1.75. The average molecular weight is 306 g/mol. The minimum absolute atomic E-state index is 0.0849. The number of rotatable bonds is 4. The van der Waals surface area contributed by atoms with E-state index in [1.165, 1.54) is 16.7 Å². The second kappa shape index (κ2) is 6.41. The van der Waals surface area contributed by atoms with Crippen molar-refractivity contribution in [2.45, 2.75) is 26.2 Å². The summed E-state index contributed by atoms with van der Waals surface area (Å²) in [7, 11) is 1.62. The summed E-state index contributed by atoms with van der Waals surface area (Å²) in [6.07, 6.45) is 2.72. The number of Topliss-reactive ketones (excluding diaryl/α,β-unsaturated/α-hetero) is 1. The Hall–Kier alpha value is -2.35. The minimum Gasteiger partial charge on any atom is -0.497 e. The molecule has 0 aliphatic heterocycles. The van der Waals surface area contributed by atoms with Gasteiger partial charge in [-0.15, -0.1) is 0 Å². The van der Waals surface area contributed by atoms with Gasteiger partial charge in [0.15, 0.2) is 5.78 Å². The summed E-state index contributed by atoms with van der Waals surface area (Å²) in [5, 5.41) is 0. The highest BCUT2D eigenvalue weighted by Crippen LogP contribution is 2.29. The van der Waals surface area contributed by atoms with Gasteiger partial charge in [0.1, 0.15) is 5.76 Å². The van der Waals surface area contributed by atoms with Crippen LogP contribution < -0.4 is 0 Å². The molecule has 2 heteroatoms. The Morgan fingerprint density at radius 2 is 1.96 bits per heavy atom. The maximum Gasteiger partial charge on any atom is 0.166 e. The molecule has 2 aromatic rings. The lowest BCUT2D eigenvalue weighted by molar-refractivity contribution is 0.0901. The number of ketones is 1. The van der Waals surface area contributed by atoms with E-state index in [0.717, 1.165) is 30.4 Å². The molecule has 0 saturated heterocycles. The summed E-state index contributed by atoms with van der Waals surface area (Å²) >= 11 is 0. The van der Waals surface area contributed by atoms with Crippen molar-refractivity contribution in [3.8, 4) is 0 Å². The Labute approximate surface area is 137 Å². The summed E-state index contributed by atoms with van der Waals surface area (Å²) in [5.41, 5.74) is 5.51. The first-order valence-electron chi connectivity index (χ1n) is 8.04. The summed E-state index contributed by atoms with van der Waals surface area (Å²) in [4.78, 5) is 12.7. The molecule has 0 N–H and O–H groups in total. The van der Waals surface area contributed by atoms with Crippen LogP contribution in [0.15, 0.2) is 49.0 Å². The molecule has 1 unspecified atom stereocenters. The van der Waals surface area contributed by atoms with Gasteiger partial charge in [0.2, 0.25) is 0 Å². The summed E-state index contributed by atoms with van der Waals surface area (Å²) < 4.78 is 5.14. The van der Waals surface area contributed by atoms with E-state index in [0.29, 0.717) is 5.76 Å². The van der Waals surface area contributed by atoms with Gasteiger partial charge < -0.3 is 4.74 Å². The Morgan fingerprint density at radius 1 is 1.22 bits per heavy atom. The van der Waals surface area contributed by atoms with Gasteiger partial charge in [0.05, 0.1) is 7.11 Å². The fourth-order valence-corrected chi connectivity index (χ4v) is 3.27. The van der Waals surface area contributed by atoms with E-state index in [1.807, 2.05) is 24.3 Å². The third kappa shape index (κ3) is 3.21. The number of methoxy groups -OCH3 is 1. The molecule has 0 amide bonds. The van der Waals surface area contributed by atoms with Crippen molar-refractivity contribution in [2.75, 3.05) is 7.11 Å². The molecule has 0 fully saturated rings. The van der Waals surface area contributed by atoms with Crippen LogP contribution in [0.25, 0.3) is 5.76 Å². The smallest absolute Gasteiger partial charge is 0.166 e. The van der Waals surface area contributed by atoms with Crippen LogP contribution in [0.4, 0.5) is 0 Å². The maximum atomic E-state index is 12.7. The van der Waals surface area contributed by atoms with Crippen molar-refractivity contribution in [2.24, 2.45) is 5.92 Å². The van der Waals surface area contributed by atoms with Gasteiger partial charge in [-0.1, -0.05) is 54.6 Å². The molecular formula is C21H22O2. The molecule has 0 heterocycles. The number of hydrogen-bond donors (Lipinski definition) is 0. The predicted octanol–water partition coefficient (Wildman–Crippen LogP) is 4.60.